The molecule has 2 aromatic carbocycles. The van der Waals surface area contributed by atoms with Gasteiger partial charge in [-0.25, -0.2) is 0 Å². The number of hydrogen-bond donors (Lipinski definition) is 1. The molecule has 1 N–H and O–H groups in total. The number of rotatable bonds is 8. The topological polar surface area (TPSA) is 84.9 Å². The third kappa shape index (κ3) is 5.03. The molecule has 0 spiro atoms. The molecule has 0 atom stereocenters. The van der Waals surface area contributed by atoms with Crippen LogP contribution in [0.2, 0.25) is 0 Å². The number of benzene rings is 2. The molecule has 1 fully saturated rings. The first-order chi connectivity index (χ1) is 15.4. The molecule has 0 unspecified atom stereocenters. The number of anilines is 1. The standard InChI is InChI=1S/C24H24N2O5S/c1-5-8-17-11-16(12-19(30-3)22(17)31-4)13-20-23(28)26(24(29)32-20)14-21(27)25-18-10-7-6-9-15(18)2/h5-7,9-13H,1,8,14H2,2-4H3,(H,25,27)/b20-13+. The second-order valence-electron chi connectivity index (χ2n) is 7.04. The summed E-state index contributed by atoms with van der Waals surface area (Å²) in [5.41, 5.74) is 3.04. The Hall–Kier alpha value is -3.52. The van der Waals surface area contributed by atoms with Crippen molar-refractivity contribution < 1.29 is 23.9 Å². The summed E-state index contributed by atoms with van der Waals surface area (Å²) < 4.78 is 10.8. The molecular weight excluding hydrogens is 428 g/mol. The SMILES string of the molecule is C=CCc1cc(/C=C2/SC(=O)N(CC(=O)Nc3ccccc3C)C2=O)cc(OC)c1OC. The average molecular weight is 453 g/mol. The monoisotopic (exact) mass is 452 g/mol. The molecule has 3 amide bonds. The molecule has 0 aliphatic carbocycles. The molecule has 2 aromatic rings. The van der Waals surface area contributed by atoms with Crippen molar-refractivity contribution in [1.82, 2.24) is 4.90 Å². The summed E-state index contributed by atoms with van der Waals surface area (Å²) in [7, 11) is 3.08. The lowest BCUT2D eigenvalue weighted by Gasteiger charge is -2.14. The van der Waals surface area contributed by atoms with Crippen molar-refractivity contribution in [2.24, 2.45) is 0 Å². The minimum absolute atomic E-state index is 0.232. The number of aryl methyl sites for hydroxylation is 1. The van der Waals surface area contributed by atoms with Gasteiger partial charge >= 0.3 is 0 Å². The molecule has 0 aromatic heterocycles. The molecule has 0 radical (unpaired) electrons. The van der Waals surface area contributed by atoms with E-state index in [4.69, 9.17) is 9.47 Å². The van der Waals surface area contributed by atoms with E-state index in [-0.39, 0.29) is 11.4 Å². The van der Waals surface area contributed by atoms with Gasteiger partial charge in [0.25, 0.3) is 11.1 Å². The average Bonchev–Trinajstić information content (AvgIpc) is 3.02. The van der Waals surface area contributed by atoms with Crippen LogP contribution in [-0.2, 0) is 16.0 Å². The van der Waals surface area contributed by atoms with E-state index >= 15 is 0 Å². The quantitative estimate of drug-likeness (QED) is 0.472. The third-order valence-electron chi connectivity index (χ3n) is 4.83. The zero-order chi connectivity index (χ0) is 23.3. The highest BCUT2D eigenvalue weighted by Crippen LogP contribution is 2.36. The van der Waals surface area contributed by atoms with E-state index in [1.165, 1.54) is 7.11 Å². The molecule has 1 aliphatic rings. The van der Waals surface area contributed by atoms with Crippen LogP contribution >= 0.6 is 11.8 Å². The lowest BCUT2D eigenvalue weighted by atomic mass is 10.0. The summed E-state index contributed by atoms with van der Waals surface area (Å²) in [5, 5.41) is 2.25. The van der Waals surface area contributed by atoms with E-state index in [0.29, 0.717) is 29.2 Å². The fraction of sp³-hybridized carbons (Fsp3) is 0.208. The molecule has 1 saturated heterocycles. The number of amides is 3. The highest BCUT2D eigenvalue weighted by molar-refractivity contribution is 8.18. The van der Waals surface area contributed by atoms with Crippen LogP contribution in [0.25, 0.3) is 6.08 Å². The smallest absolute Gasteiger partial charge is 0.294 e. The van der Waals surface area contributed by atoms with Gasteiger partial charge in [0, 0.05) is 11.3 Å². The maximum atomic E-state index is 12.8. The molecular formula is C24H24N2O5S. The number of carbonyl (C=O) groups is 3. The minimum atomic E-state index is -0.514. The maximum absolute atomic E-state index is 12.8. The number of methoxy groups -OCH3 is 2. The number of ether oxygens (including phenoxy) is 2. The number of para-hydroxylation sites is 1. The van der Waals surface area contributed by atoms with Gasteiger partial charge in [0.15, 0.2) is 11.5 Å². The Bertz CT molecular complexity index is 1110. The van der Waals surface area contributed by atoms with Crippen molar-refractivity contribution >= 4 is 40.6 Å². The Kier molecular flexibility index (Phi) is 7.37. The Morgan fingerprint density at radius 3 is 2.59 bits per heavy atom. The fourth-order valence-corrected chi connectivity index (χ4v) is 4.13. The molecule has 0 saturated carbocycles. The number of hydrogen-bond acceptors (Lipinski definition) is 6. The van der Waals surface area contributed by atoms with Crippen molar-refractivity contribution in [1.29, 1.82) is 0 Å². The van der Waals surface area contributed by atoms with Crippen molar-refractivity contribution in [3.05, 3.63) is 70.6 Å². The van der Waals surface area contributed by atoms with Crippen molar-refractivity contribution in [2.45, 2.75) is 13.3 Å². The zero-order valence-corrected chi connectivity index (χ0v) is 19.0. The van der Waals surface area contributed by atoms with Crippen LogP contribution in [0.4, 0.5) is 10.5 Å². The summed E-state index contributed by atoms with van der Waals surface area (Å²) >= 11 is 0.797. The second kappa shape index (κ2) is 10.2. The summed E-state index contributed by atoms with van der Waals surface area (Å²) in [6.45, 7) is 5.26. The first-order valence-corrected chi connectivity index (χ1v) is 10.7. The number of nitrogens with one attached hydrogen (secondary N) is 1. The lowest BCUT2D eigenvalue weighted by Crippen LogP contribution is -2.36. The normalized spacial score (nSPS) is 14.6. The van der Waals surface area contributed by atoms with Gasteiger partial charge in [0.1, 0.15) is 6.54 Å². The van der Waals surface area contributed by atoms with E-state index in [9.17, 15) is 14.4 Å². The highest BCUT2D eigenvalue weighted by atomic mass is 32.2. The Morgan fingerprint density at radius 2 is 1.94 bits per heavy atom. The van der Waals surface area contributed by atoms with Crippen molar-refractivity contribution in [3.63, 3.8) is 0 Å². The number of allylic oxidation sites excluding steroid dienone is 1. The largest absolute Gasteiger partial charge is 0.493 e. The minimum Gasteiger partial charge on any atom is -0.493 e. The van der Waals surface area contributed by atoms with Crippen LogP contribution < -0.4 is 14.8 Å². The summed E-state index contributed by atoms with van der Waals surface area (Å²) in [5.74, 6) is 0.141. The molecule has 3 rings (SSSR count). The number of carbonyl (C=O) groups excluding carboxylic acids is 3. The van der Waals surface area contributed by atoms with Gasteiger partial charge in [-0.15, -0.1) is 6.58 Å². The highest BCUT2D eigenvalue weighted by Gasteiger charge is 2.36. The van der Waals surface area contributed by atoms with Gasteiger partial charge < -0.3 is 14.8 Å². The Labute approximate surface area is 191 Å². The van der Waals surface area contributed by atoms with Gasteiger partial charge in [0.2, 0.25) is 5.91 Å². The van der Waals surface area contributed by atoms with E-state index in [1.807, 2.05) is 25.1 Å². The predicted molar refractivity (Wildman–Crippen MR) is 126 cm³/mol. The van der Waals surface area contributed by atoms with Crippen LogP contribution in [0.5, 0.6) is 11.5 Å². The molecule has 32 heavy (non-hydrogen) atoms. The first-order valence-electron chi connectivity index (χ1n) is 9.84. The number of thioether (sulfide) groups is 1. The van der Waals surface area contributed by atoms with Crippen LogP contribution in [0, 0.1) is 6.92 Å². The van der Waals surface area contributed by atoms with Gasteiger partial charge in [0.05, 0.1) is 19.1 Å². The number of imide groups is 1. The van der Waals surface area contributed by atoms with E-state index in [2.05, 4.69) is 11.9 Å². The van der Waals surface area contributed by atoms with Gasteiger partial charge in [-0.3, -0.25) is 19.3 Å². The van der Waals surface area contributed by atoms with Crippen molar-refractivity contribution in [3.8, 4) is 11.5 Å². The second-order valence-corrected chi connectivity index (χ2v) is 8.03. The van der Waals surface area contributed by atoms with E-state index in [1.54, 1.807) is 37.5 Å². The Morgan fingerprint density at radius 1 is 1.19 bits per heavy atom. The van der Waals surface area contributed by atoms with Crippen LogP contribution in [0.3, 0.4) is 0 Å². The predicted octanol–water partition coefficient (Wildman–Crippen LogP) is 4.42. The molecule has 166 valence electrons. The zero-order valence-electron chi connectivity index (χ0n) is 18.1. The molecule has 8 heteroatoms. The molecule has 7 nitrogen and oxygen atoms in total. The summed E-state index contributed by atoms with van der Waals surface area (Å²) in [6.07, 6.45) is 3.89. The van der Waals surface area contributed by atoms with Gasteiger partial charge in [-0.05, 0) is 60.5 Å². The van der Waals surface area contributed by atoms with Gasteiger partial charge in [-0.2, -0.15) is 0 Å². The molecule has 1 heterocycles. The fourth-order valence-electron chi connectivity index (χ4n) is 3.29. The number of nitrogens with zero attached hydrogens (tertiary/aromatic N) is 1. The van der Waals surface area contributed by atoms with Crippen LogP contribution in [0.15, 0.2) is 54.0 Å². The third-order valence-corrected chi connectivity index (χ3v) is 5.74. The molecule has 1 aliphatic heterocycles. The van der Waals surface area contributed by atoms with E-state index in [0.717, 1.165) is 27.8 Å². The molecule has 0 bridgehead atoms. The Balaban J connectivity index is 1.81. The van der Waals surface area contributed by atoms with Crippen molar-refractivity contribution in [2.75, 3.05) is 26.1 Å². The van der Waals surface area contributed by atoms with Crippen LogP contribution in [0.1, 0.15) is 16.7 Å². The first kappa shape index (κ1) is 23.1. The summed E-state index contributed by atoms with van der Waals surface area (Å²) in [4.78, 5) is 38.8. The van der Waals surface area contributed by atoms with Crippen LogP contribution in [-0.4, -0.2) is 42.7 Å². The maximum Gasteiger partial charge on any atom is 0.294 e. The van der Waals surface area contributed by atoms with E-state index < -0.39 is 17.1 Å². The summed E-state index contributed by atoms with van der Waals surface area (Å²) in [6, 6.07) is 10.9. The lowest BCUT2D eigenvalue weighted by molar-refractivity contribution is -0.127. The van der Waals surface area contributed by atoms with Gasteiger partial charge in [-0.1, -0.05) is 24.3 Å².